The van der Waals surface area contributed by atoms with Gasteiger partial charge < -0.3 is 14.8 Å². The summed E-state index contributed by atoms with van der Waals surface area (Å²) in [5.41, 5.74) is 2.66. The number of hydrogen-bond acceptors (Lipinski definition) is 3. The number of nitrogens with one attached hydrogen (secondary N) is 1. The van der Waals surface area contributed by atoms with Gasteiger partial charge in [0.2, 0.25) is 0 Å². The van der Waals surface area contributed by atoms with Crippen molar-refractivity contribution in [2.75, 3.05) is 19.8 Å². The maximum Gasteiger partial charge on any atom is 0.161 e. The van der Waals surface area contributed by atoms with E-state index < -0.39 is 0 Å². The Balaban J connectivity index is 1.86. The van der Waals surface area contributed by atoms with Crippen LogP contribution in [0.2, 0.25) is 0 Å². The van der Waals surface area contributed by atoms with Crippen LogP contribution >= 0.6 is 0 Å². The minimum Gasteiger partial charge on any atom is -0.490 e. The number of rotatable bonds is 14. The monoisotopic (exact) mass is 383 g/mol. The van der Waals surface area contributed by atoms with Crippen molar-refractivity contribution in [1.29, 1.82) is 0 Å². The van der Waals surface area contributed by atoms with Gasteiger partial charge in [-0.25, -0.2) is 0 Å². The fourth-order valence-electron chi connectivity index (χ4n) is 3.10. The van der Waals surface area contributed by atoms with Gasteiger partial charge >= 0.3 is 0 Å². The maximum atomic E-state index is 6.01. The predicted molar refractivity (Wildman–Crippen MR) is 119 cm³/mol. The Morgan fingerprint density at radius 1 is 0.821 bits per heavy atom. The first-order chi connectivity index (χ1) is 13.7. The lowest BCUT2D eigenvalue weighted by atomic mass is 10.1. The highest BCUT2D eigenvalue weighted by Gasteiger charge is 2.08. The normalized spacial score (nSPS) is 12.0. The quantitative estimate of drug-likeness (QED) is 0.418. The zero-order chi connectivity index (χ0) is 20.0. The summed E-state index contributed by atoms with van der Waals surface area (Å²) in [6.07, 6.45) is 6.44. The summed E-state index contributed by atoms with van der Waals surface area (Å²) in [6.45, 7) is 9.06. The highest BCUT2D eigenvalue weighted by atomic mass is 16.5. The highest BCUT2D eigenvalue weighted by Crippen LogP contribution is 2.29. The maximum absolute atomic E-state index is 6.01. The molecule has 0 saturated carbocycles. The van der Waals surface area contributed by atoms with Gasteiger partial charge in [-0.3, -0.25) is 0 Å². The Morgan fingerprint density at radius 3 is 2.18 bits per heavy atom. The van der Waals surface area contributed by atoms with Gasteiger partial charge in [0.25, 0.3) is 0 Å². The van der Waals surface area contributed by atoms with Crippen molar-refractivity contribution < 1.29 is 9.47 Å². The van der Waals surface area contributed by atoms with Crippen LogP contribution in [0.15, 0.2) is 48.5 Å². The van der Waals surface area contributed by atoms with Crippen LogP contribution < -0.4 is 14.8 Å². The van der Waals surface area contributed by atoms with Crippen molar-refractivity contribution >= 4 is 0 Å². The van der Waals surface area contributed by atoms with Crippen LogP contribution in [0.4, 0.5) is 0 Å². The predicted octanol–water partition coefficient (Wildman–Crippen LogP) is 5.81. The largest absolute Gasteiger partial charge is 0.490 e. The van der Waals surface area contributed by atoms with Crippen LogP contribution in [0.1, 0.15) is 57.6 Å². The van der Waals surface area contributed by atoms with E-state index in [0.717, 1.165) is 69.8 Å². The van der Waals surface area contributed by atoms with E-state index in [1.165, 1.54) is 11.1 Å². The number of ether oxygens (including phenoxy) is 2. The number of unbranched alkanes of at least 4 members (excludes halogenated alkanes) is 2. The lowest BCUT2D eigenvalue weighted by Gasteiger charge is -2.16. The average molecular weight is 384 g/mol. The van der Waals surface area contributed by atoms with Crippen LogP contribution in [-0.4, -0.2) is 25.8 Å². The van der Waals surface area contributed by atoms with E-state index in [4.69, 9.17) is 9.47 Å². The molecule has 1 unspecified atom stereocenters. The van der Waals surface area contributed by atoms with E-state index in [1.54, 1.807) is 0 Å². The van der Waals surface area contributed by atoms with Crippen LogP contribution in [0.3, 0.4) is 0 Å². The third-order valence-corrected chi connectivity index (χ3v) is 4.81. The van der Waals surface area contributed by atoms with Crippen molar-refractivity contribution in [2.45, 2.75) is 65.3 Å². The lowest BCUT2D eigenvalue weighted by Crippen LogP contribution is -2.29. The molecule has 2 aromatic carbocycles. The SMILES string of the molecule is CCCCOc1ccc(CCNC(C)Cc2ccccc2)cc1OCCCC. The summed E-state index contributed by atoms with van der Waals surface area (Å²) in [5, 5.41) is 3.64. The Morgan fingerprint density at radius 2 is 1.50 bits per heavy atom. The molecule has 0 spiro atoms. The third kappa shape index (κ3) is 8.35. The van der Waals surface area contributed by atoms with Crippen molar-refractivity contribution in [2.24, 2.45) is 0 Å². The first-order valence-electron chi connectivity index (χ1n) is 10.9. The zero-order valence-corrected chi connectivity index (χ0v) is 17.9. The first-order valence-corrected chi connectivity index (χ1v) is 10.9. The van der Waals surface area contributed by atoms with E-state index in [1.807, 2.05) is 0 Å². The van der Waals surface area contributed by atoms with Gasteiger partial charge in [-0.2, -0.15) is 0 Å². The topological polar surface area (TPSA) is 30.5 Å². The highest BCUT2D eigenvalue weighted by molar-refractivity contribution is 5.43. The van der Waals surface area contributed by atoms with Gasteiger partial charge in [0.05, 0.1) is 13.2 Å². The minimum atomic E-state index is 0.458. The molecule has 0 amide bonds. The molecule has 3 heteroatoms. The summed E-state index contributed by atoms with van der Waals surface area (Å²) >= 11 is 0. The molecule has 2 rings (SSSR count). The molecule has 0 radical (unpaired) electrons. The summed E-state index contributed by atoms with van der Waals surface area (Å²) in [7, 11) is 0. The molecular formula is C25H37NO2. The van der Waals surface area contributed by atoms with Gasteiger partial charge in [0, 0.05) is 6.04 Å². The fourth-order valence-corrected chi connectivity index (χ4v) is 3.10. The van der Waals surface area contributed by atoms with Gasteiger partial charge in [-0.15, -0.1) is 0 Å². The molecule has 2 aromatic rings. The Bertz CT molecular complexity index is 657. The van der Waals surface area contributed by atoms with E-state index in [0.29, 0.717) is 6.04 Å². The van der Waals surface area contributed by atoms with Crippen molar-refractivity contribution in [1.82, 2.24) is 5.32 Å². The molecule has 0 bridgehead atoms. The molecule has 1 atom stereocenters. The molecule has 0 aliphatic rings. The van der Waals surface area contributed by atoms with E-state index >= 15 is 0 Å². The smallest absolute Gasteiger partial charge is 0.161 e. The fraction of sp³-hybridized carbons (Fsp3) is 0.520. The standard InChI is InChI=1S/C25H37NO2/c1-4-6-17-27-24-14-13-23(20-25(24)28-18-7-5-2)15-16-26-21(3)19-22-11-9-8-10-12-22/h8-14,20-21,26H,4-7,15-19H2,1-3H3. The minimum absolute atomic E-state index is 0.458. The number of hydrogen-bond donors (Lipinski definition) is 1. The van der Waals surface area contributed by atoms with Crippen LogP contribution in [0.25, 0.3) is 0 Å². The first kappa shape index (κ1) is 22.3. The molecule has 0 fully saturated rings. The molecular weight excluding hydrogens is 346 g/mol. The molecule has 0 aliphatic carbocycles. The van der Waals surface area contributed by atoms with Crippen LogP contribution in [0.5, 0.6) is 11.5 Å². The van der Waals surface area contributed by atoms with Gasteiger partial charge in [0.1, 0.15) is 0 Å². The molecule has 0 aliphatic heterocycles. The molecule has 0 saturated heterocycles. The van der Waals surface area contributed by atoms with Gasteiger partial charge in [-0.1, -0.05) is 63.1 Å². The summed E-state index contributed by atoms with van der Waals surface area (Å²) < 4.78 is 11.9. The van der Waals surface area contributed by atoms with E-state index in [2.05, 4.69) is 74.6 Å². The summed E-state index contributed by atoms with van der Waals surface area (Å²) in [5.74, 6) is 1.76. The van der Waals surface area contributed by atoms with Gasteiger partial charge in [0.15, 0.2) is 11.5 Å². The summed E-state index contributed by atoms with van der Waals surface area (Å²) in [4.78, 5) is 0. The second kappa shape index (κ2) is 13.2. The molecule has 0 aromatic heterocycles. The molecule has 154 valence electrons. The van der Waals surface area contributed by atoms with Crippen molar-refractivity contribution in [3.63, 3.8) is 0 Å². The summed E-state index contributed by atoms with van der Waals surface area (Å²) in [6, 6.07) is 17.5. The lowest BCUT2D eigenvalue weighted by molar-refractivity contribution is 0.261. The number of benzene rings is 2. The van der Waals surface area contributed by atoms with Gasteiger partial charge in [-0.05, 0) is 62.4 Å². The Hall–Kier alpha value is -2.00. The Kier molecular flexibility index (Phi) is 10.5. The van der Waals surface area contributed by atoms with Crippen molar-refractivity contribution in [3.05, 3.63) is 59.7 Å². The van der Waals surface area contributed by atoms with E-state index in [9.17, 15) is 0 Å². The molecule has 1 N–H and O–H groups in total. The third-order valence-electron chi connectivity index (χ3n) is 4.81. The molecule has 28 heavy (non-hydrogen) atoms. The second-order valence-corrected chi connectivity index (χ2v) is 7.48. The van der Waals surface area contributed by atoms with Crippen molar-refractivity contribution in [3.8, 4) is 11.5 Å². The van der Waals surface area contributed by atoms with E-state index in [-0.39, 0.29) is 0 Å². The average Bonchev–Trinajstić information content (AvgIpc) is 2.70. The Labute approximate surface area is 171 Å². The van der Waals surface area contributed by atoms with Crippen LogP contribution in [-0.2, 0) is 12.8 Å². The second-order valence-electron chi connectivity index (χ2n) is 7.48. The molecule has 3 nitrogen and oxygen atoms in total. The van der Waals surface area contributed by atoms with Crippen LogP contribution in [0, 0.1) is 0 Å². The zero-order valence-electron chi connectivity index (χ0n) is 17.9. The molecule has 0 heterocycles.